The number of ether oxygens (including phenoxy) is 2. The van der Waals surface area contributed by atoms with E-state index in [4.69, 9.17) is 27.9 Å². The summed E-state index contributed by atoms with van der Waals surface area (Å²) < 4.78 is 8.65. The normalized spacial score (nSPS) is 8.88. The van der Waals surface area contributed by atoms with Gasteiger partial charge in [0.1, 0.15) is 21.9 Å². The van der Waals surface area contributed by atoms with Crippen LogP contribution in [0.2, 0.25) is 0 Å². The molecule has 0 aliphatic heterocycles. The van der Waals surface area contributed by atoms with E-state index in [2.05, 4.69) is 24.8 Å². The van der Waals surface area contributed by atoms with Gasteiger partial charge < -0.3 is 20.5 Å². The third-order valence-electron chi connectivity index (χ3n) is 3.03. The Morgan fingerprint density at radius 2 is 1.48 bits per heavy atom. The molecule has 2 rings (SSSR count). The van der Waals surface area contributed by atoms with Crippen LogP contribution in [0.4, 0.5) is 10.3 Å². The fourth-order valence-electron chi connectivity index (χ4n) is 1.52. The summed E-state index contributed by atoms with van der Waals surface area (Å²) in [4.78, 5) is 50.8. The highest BCUT2D eigenvalue weighted by atomic mass is 35.5. The fourth-order valence-corrected chi connectivity index (χ4v) is 2.73. The lowest BCUT2D eigenvalue weighted by molar-refractivity contribution is -0.142. The first-order valence-corrected chi connectivity index (χ1v) is 10.7. The average molecular weight is 515 g/mol. The van der Waals surface area contributed by atoms with Crippen molar-refractivity contribution in [3.05, 3.63) is 22.1 Å². The molecule has 0 saturated carbocycles. The maximum absolute atomic E-state index is 11.3. The van der Waals surface area contributed by atoms with Gasteiger partial charge in [-0.05, 0) is 11.6 Å². The van der Waals surface area contributed by atoms with Gasteiger partial charge in [-0.2, -0.15) is 10.5 Å². The number of aromatic nitrogens is 2. The second-order valence-corrected chi connectivity index (χ2v) is 7.89. The van der Waals surface area contributed by atoms with Crippen molar-refractivity contribution in [1.29, 1.82) is 10.5 Å². The van der Waals surface area contributed by atoms with Crippen LogP contribution in [0.1, 0.15) is 35.4 Å². The van der Waals surface area contributed by atoms with E-state index in [1.54, 1.807) is 0 Å². The van der Waals surface area contributed by atoms with Crippen molar-refractivity contribution in [2.75, 3.05) is 25.3 Å². The number of anilines is 2. The van der Waals surface area contributed by atoms with E-state index >= 15 is 0 Å². The first kappa shape index (κ1) is 29.4. The van der Waals surface area contributed by atoms with Crippen molar-refractivity contribution in [3.8, 4) is 12.1 Å². The maximum Gasteiger partial charge on any atom is 0.306 e. The third-order valence-corrected chi connectivity index (χ3v) is 4.77. The second kappa shape index (κ2) is 17.0. The van der Waals surface area contributed by atoms with E-state index < -0.39 is 17.2 Å². The molecule has 33 heavy (non-hydrogen) atoms. The number of carbonyl (C=O) groups is 4. The summed E-state index contributed by atoms with van der Waals surface area (Å²) in [5.41, 5.74) is 5.21. The molecule has 0 aliphatic rings. The van der Waals surface area contributed by atoms with Crippen LogP contribution in [0.15, 0.2) is 12.4 Å². The molecule has 1 amide bonds. The monoisotopic (exact) mass is 514 g/mol. The summed E-state index contributed by atoms with van der Waals surface area (Å²) in [6.45, 7) is 0. The predicted molar refractivity (Wildman–Crippen MR) is 120 cm³/mol. The number of thiazole rings is 2. The first-order valence-electron chi connectivity index (χ1n) is 8.74. The van der Waals surface area contributed by atoms with Crippen molar-refractivity contribution in [2.24, 2.45) is 0 Å². The average Bonchev–Trinajstić information content (AvgIpc) is 3.44. The van der Waals surface area contributed by atoms with Crippen LogP contribution >= 0.6 is 34.3 Å². The van der Waals surface area contributed by atoms with Crippen LogP contribution in [0.25, 0.3) is 0 Å². The molecule has 0 saturated heterocycles. The molecular weight excluding hydrogens is 496 g/mol. The highest BCUT2D eigenvalue weighted by molar-refractivity contribution is 7.16. The van der Waals surface area contributed by atoms with Gasteiger partial charge in [-0.1, -0.05) is 22.7 Å². The number of nitrogens with one attached hydrogen (secondary N) is 1. The topological polar surface area (TPSA) is 198 Å². The van der Waals surface area contributed by atoms with Crippen molar-refractivity contribution in [3.63, 3.8) is 0 Å². The van der Waals surface area contributed by atoms with Crippen LogP contribution in [0, 0.1) is 22.7 Å². The van der Waals surface area contributed by atoms with E-state index in [9.17, 15) is 19.2 Å². The molecule has 2 heterocycles. The van der Waals surface area contributed by atoms with Gasteiger partial charge in [0.15, 0.2) is 10.3 Å². The minimum atomic E-state index is -0.514. The summed E-state index contributed by atoms with van der Waals surface area (Å²) in [5, 5.41) is 19.5. The van der Waals surface area contributed by atoms with Gasteiger partial charge in [0.2, 0.25) is 11.1 Å². The zero-order chi connectivity index (χ0) is 25.2. The summed E-state index contributed by atoms with van der Waals surface area (Å²) >= 11 is 7.21. The third kappa shape index (κ3) is 14.9. The zero-order valence-electron chi connectivity index (χ0n) is 17.5. The van der Waals surface area contributed by atoms with E-state index in [1.807, 2.05) is 12.1 Å². The summed E-state index contributed by atoms with van der Waals surface area (Å²) in [7, 11) is 2.53. The second-order valence-electron chi connectivity index (χ2n) is 5.37. The molecule has 0 radical (unpaired) electrons. The highest BCUT2D eigenvalue weighted by Gasteiger charge is 2.09. The van der Waals surface area contributed by atoms with Gasteiger partial charge in [-0.25, -0.2) is 9.97 Å². The van der Waals surface area contributed by atoms with Crippen LogP contribution in [-0.4, -0.2) is 47.3 Å². The minimum absolute atomic E-state index is 0.0266. The Hall–Kier alpha value is -3.59. The lowest BCUT2D eigenvalue weighted by atomic mass is 10.3. The highest BCUT2D eigenvalue weighted by Crippen LogP contribution is 2.17. The van der Waals surface area contributed by atoms with Crippen molar-refractivity contribution in [1.82, 2.24) is 9.97 Å². The molecule has 2 aromatic heterocycles. The molecular formula is C18H19ClN6O6S2. The molecule has 0 atom stereocenters. The molecule has 2 aromatic rings. The number of halogens is 1. The van der Waals surface area contributed by atoms with E-state index in [-0.39, 0.29) is 31.6 Å². The number of nitrogens with zero attached hydrogens (tertiary/aromatic N) is 4. The zero-order valence-corrected chi connectivity index (χ0v) is 19.9. The number of methoxy groups -OCH3 is 2. The van der Waals surface area contributed by atoms with Gasteiger partial charge in [0, 0.05) is 12.8 Å². The Bertz CT molecular complexity index is 1030. The smallest absolute Gasteiger partial charge is 0.306 e. The van der Waals surface area contributed by atoms with E-state index in [0.717, 1.165) is 11.3 Å². The number of amides is 1. The molecule has 12 nitrogen and oxygen atoms in total. The van der Waals surface area contributed by atoms with Gasteiger partial charge in [0.25, 0.3) is 0 Å². The minimum Gasteiger partial charge on any atom is -0.469 e. The molecule has 3 N–H and O–H groups in total. The number of hydrogen-bond acceptors (Lipinski definition) is 13. The summed E-state index contributed by atoms with van der Waals surface area (Å²) in [6.07, 6.45) is 3.01. The number of rotatable bonds is 7. The van der Waals surface area contributed by atoms with Crippen molar-refractivity contribution < 1.29 is 28.7 Å². The van der Waals surface area contributed by atoms with Gasteiger partial charge in [-0.3, -0.25) is 19.2 Å². The van der Waals surface area contributed by atoms with Gasteiger partial charge >= 0.3 is 11.9 Å². The Morgan fingerprint density at radius 1 is 0.970 bits per heavy atom. The number of hydrogen-bond donors (Lipinski definition) is 2. The molecule has 0 unspecified atom stereocenters. The van der Waals surface area contributed by atoms with Gasteiger partial charge in [-0.15, -0.1) is 0 Å². The predicted octanol–water partition coefficient (Wildman–Crippen LogP) is 2.21. The quantitative estimate of drug-likeness (QED) is 0.405. The van der Waals surface area contributed by atoms with Crippen LogP contribution in [-0.2, 0) is 28.7 Å². The Labute approximate surface area is 201 Å². The van der Waals surface area contributed by atoms with Crippen LogP contribution in [0.5, 0.6) is 0 Å². The molecule has 0 aromatic carbocycles. The number of nitrogens with two attached hydrogens (primary N) is 1. The maximum atomic E-state index is 11.3. The van der Waals surface area contributed by atoms with Crippen molar-refractivity contribution >= 4 is 67.6 Å². The molecule has 0 spiro atoms. The molecule has 0 fully saturated rings. The Kier molecular flexibility index (Phi) is 15.2. The number of esters is 2. The number of carbonyl (C=O) groups excluding carboxylic acids is 4. The molecule has 176 valence electrons. The standard InChI is InChI=1S/C9H9N3O3S.C5H7ClO3.C4H3N3S/c1-15-8(14)3-2-7(13)12-9-11-5-6(4-10)16-9;1-9-5(8)3-2-4(6)7;5-1-3-2-7-4(6)8-3/h5H,2-3H2,1H3,(H,11,12,13);2-3H2,1H3;2H,(H2,6,7). The Morgan fingerprint density at radius 3 is 1.88 bits per heavy atom. The summed E-state index contributed by atoms with van der Waals surface area (Å²) in [6, 6.07) is 3.83. The lowest BCUT2D eigenvalue weighted by Crippen LogP contribution is -2.13. The summed E-state index contributed by atoms with van der Waals surface area (Å²) in [5.74, 6) is -1.18. The first-order chi connectivity index (χ1) is 15.6. The van der Waals surface area contributed by atoms with Crippen molar-refractivity contribution in [2.45, 2.75) is 25.7 Å². The molecule has 15 heteroatoms. The molecule has 0 aliphatic carbocycles. The SMILES string of the molecule is COC(=O)CCC(=O)Cl.COC(=O)CCC(=O)Nc1ncc(C#N)s1.N#Cc1cnc(N)s1. The van der Waals surface area contributed by atoms with Crippen LogP contribution in [0.3, 0.4) is 0 Å². The Balaban J connectivity index is 0.000000510. The number of nitriles is 2. The van der Waals surface area contributed by atoms with E-state index in [0.29, 0.717) is 20.0 Å². The number of nitrogen functional groups attached to an aromatic ring is 1. The van der Waals surface area contributed by atoms with Crippen LogP contribution < -0.4 is 11.1 Å². The van der Waals surface area contributed by atoms with Gasteiger partial charge in [0.05, 0.1) is 39.5 Å². The fraction of sp³-hybridized carbons (Fsp3) is 0.333. The lowest BCUT2D eigenvalue weighted by Gasteiger charge is -2.00. The van der Waals surface area contributed by atoms with E-state index in [1.165, 1.54) is 38.0 Å². The largest absolute Gasteiger partial charge is 0.469 e. The molecule has 0 bridgehead atoms.